The summed E-state index contributed by atoms with van der Waals surface area (Å²) in [6, 6.07) is 32.1. The van der Waals surface area contributed by atoms with E-state index in [2.05, 4.69) is 51.7 Å². The Morgan fingerprint density at radius 3 is 2.32 bits per heavy atom. The van der Waals surface area contributed by atoms with Gasteiger partial charge in [0.05, 0.1) is 30.1 Å². The number of methoxy groups -OCH3 is 1. The molecule has 5 aromatic rings. The smallest absolute Gasteiger partial charge is 0.118 e. The number of hydrogen-bond acceptors (Lipinski definition) is 5. The molecule has 1 atom stereocenters. The summed E-state index contributed by atoms with van der Waals surface area (Å²) in [5.74, 6) is 0.832. The first-order valence-electron chi connectivity index (χ1n) is 12.3. The van der Waals surface area contributed by atoms with Crippen molar-refractivity contribution in [3.8, 4) is 5.75 Å². The van der Waals surface area contributed by atoms with Gasteiger partial charge in [0.1, 0.15) is 5.75 Å². The minimum Gasteiger partial charge on any atom is -0.497 e. The van der Waals surface area contributed by atoms with E-state index < -0.39 is 0 Å². The van der Waals surface area contributed by atoms with Crippen LogP contribution in [0.25, 0.3) is 10.9 Å². The van der Waals surface area contributed by atoms with E-state index in [-0.39, 0.29) is 6.04 Å². The summed E-state index contributed by atoms with van der Waals surface area (Å²) in [5, 5.41) is 13.0. The molecule has 1 unspecified atom stereocenters. The van der Waals surface area contributed by atoms with Gasteiger partial charge < -0.3 is 10.1 Å². The summed E-state index contributed by atoms with van der Waals surface area (Å²) in [6.45, 7) is 0. The Morgan fingerprint density at radius 1 is 0.842 bits per heavy atom. The SMILES string of the molecule is COc1ccc(C2CC(c3ccc(Nc4ccnc5cc(Cl)ccc45)cc3)=NN2c2ccc(Cl)cc2)cc1. The highest BCUT2D eigenvalue weighted by Gasteiger charge is 2.30. The zero-order valence-corrected chi connectivity index (χ0v) is 22.1. The molecule has 0 aliphatic carbocycles. The minimum atomic E-state index is 0.0601. The zero-order chi connectivity index (χ0) is 26.1. The number of fused-ring (bicyclic) bond motifs is 1. The van der Waals surface area contributed by atoms with E-state index in [0.717, 1.165) is 51.4 Å². The summed E-state index contributed by atoms with van der Waals surface area (Å²) < 4.78 is 5.36. The molecule has 7 heteroatoms. The largest absolute Gasteiger partial charge is 0.497 e. The second-order valence-corrected chi connectivity index (χ2v) is 9.96. The molecular formula is C31H24Cl2N4O. The van der Waals surface area contributed by atoms with E-state index >= 15 is 0 Å². The number of halogens is 2. The van der Waals surface area contributed by atoms with Crippen LogP contribution in [-0.2, 0) is 0 Å². The molecule has 0 saturated carbocycles. The Morgan fingerprint density at radius 2 is 1.58 bits per heavy atom. The molecular weight excluding hydrogens is 515 g/mol. The second kappa shape index (κ2) is 10.4. The Hall–Kier alpha value is -4.06. The van der Waals surface area contributed by atoms with Crippen molar-refractivity contribution in [3.63, 3.8) is 0 Å². The first-order valence-corrected chi connectivity index (χ1v) is 13.0. The number of rotatable bonds is 6. The molecule has 1 aromatic heterocycles. The summed E-state index contributed by atoms with van der Waals surface area (Å²) in [7, 11) is 1.68. The fraction of sp³-hybridized carbons (Fsp3) is 0.0968. The lowest BCUT2D eigenvalue weighted by atomic mass is 9.98. The molecule has 5 nitrogen and oxygen atoms in total. The van der Waals surface area contributed by atoms with Gasteiger partial charge in [-0.3, -0.25) is 9.99 Å². The molecule has 2 heterocycles. The van der Waals surface area contributed by atoms with E-state index in [9.17, 15) is 0 Å². The highest BCUT2D eigenvalue weighted by atomic mass is 35.5. The molecule has 1 aliphatic rings. The van der Waals surface area contributed by atoms with Crippen LogP contribution < -0.4 is 15.1 Å². The molecule has 0 saturated heterocycles. The van der Waals surface area contributed by atoms with E-state index in [0.29, 0.717) is 10.0 Å². The van der Waals surface area contributed by atoms with E-state index in [1.54, 1.807) is 13.3 Å². The summed E-state index contributed by atoms with van der Waals surface area (Å²) >= 11 is 12.3. The van der Waals surface area contributed by atoms with Crippen LogP contribution in [0, 0.1) is 0 Å². The van der Waals surface area contributed by atoms with Crippen molar-refractivity contribution >= 4 is 56.9 Å². The Bertz CT molecular complexity index is 1620. The van der Waals surface area contributed by atoms with Crippen LogP contribution in [0.5, 0.6) is 5.75 Å². The summed E-state index contributed by atoms with van der Waals surface area (Å²) in [5.41, 5.74) is 7.08. The van der Waals surface area contributed by atoms with Gasteiger partial charge in [-0.2, -0.15) is 5.10 Å². The lowest BCUT2D eigenvalue weighted by Crippen LogP contribution is -2.18. The maximum atomic E-state index is 6.16. The van der Waals surface area contributed by atoms with Crippen LogP contribution >= 0.6 is 23.2 Å². The third-order valence-electron chi connectivity index (χ3n) is 6.70. The number of nitrogens with one attached hydrogen (secondary N) is 1. The lowest BCUT2D eigenvalue weighted by molar-refractivity contribution is 0.414. The van der Waals surface area contributed by atoms with E-state index in [1.807, 2.05) is 60.7 Å². The zero-order valence-electron chi connectivity index (χ0n) is 20.6. The maximum absolute atomic E-state index is 6.16. The molecule has 0 amide bonds. The molecule has 0 bridgehead atoms. The number of ether oxygens (including phenoxy) is 1. The monoisotopic (exact) mass is 538 g/mol. The van der Waals surface area contributed by atoms with Gasteiger partial charge in [-0.25, -0.2) is 0 Å². The van der Waals surface area contributed by atoms with Gasteiger partial charge in [-0.15, -0.1) is 0 Å². The summed E-state index contributed by atoms with van der Waals surface area (Å²) in [6.07, 6.45) is 2.56. The van der Waals surface area contributed by atoms with E-state index in [4.69, 9.17) is 33.0 Å². The molecule has 38 heavy (non-hydrogen) atoms. The lowest BCUT2D eigenvalue weighted by Gasteiger charge is -2.24. The van der Waals surface area contributed by atoms with Crippen LogP contribution in [-0.4, -0.2) is 17.8 Å². The minimum absolute atomic E-state index is 0.0601. The number of benzene rings is 4. The molecule has 188 valence electrons. The number of nitrogens with zero attached hydrogens (tertiary/aromatic N) is 3. The van der Waals surface area contributed by atoms with Gasteiger partial charge in [0.15, 0.2) is 0 Å². The standard InChI is InChI=1S/C31H24Cl2N4O/c1-38-26-13-4-21(5-14-26)31-19-29(36-37(31)25-11-6-22(32)7-12-25)20-2-9-24(10-3-20)35-28-16-17-34-30-18-23(33)8-15-27(28)30/h2-18,31H,19H2,1H3,(H,34,35). The maximum Gasteiger partial charge on any atom is 0.118 e. The van der Waals surface area contributed by atoms with Gasteiger partial charge in [0.2, 0.25) is 0 Å². The van der Waals surface area contributed by atoms with Gasteiger partial charge in [0, 0.05) is 39.4 Å². The van der Waals surface area contributed by atoms with Crippen LogP contribution in [0.1, 0.15) is 23.6 Å². The van der Waals surface area contributed by atoms with Crippen molar-refractivity contribution in [1.29, 1.82) is 0 Å². The molecule has 0 fully saturated rings. The molecule has 1 aliphatic heterocycles. The number of anilines is 3. The number of hydrogen-bond donors (Lipinski definition) is 1. The van der Waals surface area contributed by atoms with Crippen LogP contribution in [0.15, 0.2) is 108 Å². The third-order valence-corrected chi connectivity index (χ3v) is 7.19. The Balaban J connectivity index is 1.28. The van der Waals surface area contributed by atoms with Crippen molar-refractivity contribution < 1.29 is 4.74 Å². The predicted octanol–water partition coefficient (Wildman–Crippen LogP) is 8.65. The van der Waals surface area contributed by atoms with Crippen LogP contribution in [0.4, 0.5) is 17.1 Å². The Kier molecular flexibility index (Phi) is 6.62. The van der Waals surface area contributed by atoms with Crippen LogP contribution in [0.3, 0.4) is 0 Å². The molecule has 6 rings (SSSR count). The first kappa shape index (κ1) is 24.3. The fourth-order valence-electron chi connectivity index (χ4n) is 4.73. The normalized spacial score (nSPS) is 15.0. The number of aromatic nitrogens is 1. The third kappa shape index (κ3) is 4.91. The van der Waals surface area contributed by atoms with Crippen LogP contribution in [0.2, 0.25) is 10.0 Å². The van der Waals surface area contributed by atoms with Crippen molar-refractivity contribution in [3.05, 3.63) is 124 Å². The van der Waals surface area contributed by atoms with Gasteiger partial charge in [0.25, 0.3) is 0 Å². The molecule has 4 aromatic carbocycles. The quantitative estimate of drug-likeness (QED) is 0.235. The number of pyridine rings is 1. The second-order valence-electron chi connectivity index (χ2n) is 9.08. The highest BCUT2D eigenvalue weighted by Crippen LogP contribution is 2.38. The number of hydrazone groups is 1. The van der Waals surface area contributed by atoms with Crippen molar-refractivity contribution in [2.24, 2.45) is 5.10 Å². The van der Waals surface area contributed by atoms with Gasteiger partial charge >= 0.3 is 0 Å². The molecule has 0 radical (unpaired) electrons. The topological polar surface area (TPSA) is 49.8 Å². The van der Waals surface area contributed by atoms with Crippen molar-refractivity contribution in [1.82, 2.24) is 4.98 Å². The van der Waals surface area contributed by atoms with E-state index in [1.165, 1.54) is 5.56 Å². The average molecular weight is 539 g/mol. The summed E-state index contributed by atoms with van der Waals surface area (Å²) in [4.78, 5) is 4.43. The molecule has 1 N–H and O–H groups in total. The predicted molar refractivity (Wildman–Crippen MR) is 157 cm³/mol. The van der Waals surface area contributed by atoms with Gasteiger partial charge in [-0.05, 0) is 83.9 Å². The average Bonchev–Trinajstić information content (AvgIpc) is 3.39. The Labute approximate surface area is 231 Å². The van der Waals surface area contributed by atoms with Crippen molar-refractivity contribution in [2.45, 2.75) is 12.5 Å². The fourth-order valence-corrected chi connectivity index (χ4v) is 5.03. The van der Waals surface area contributed by atoms with Gasteiger partial charge in [-0.1, -0.05) is 47.5 Å². The first-order chi connectivity index (χ1) is 18.6. The highest BCUT2D eigenvalue weighted by molar-refractivity contribution is 6.31. The van der Waals surface area contributed by atoms with Crippen molar-refractivity contribution in [2.75, 3.05) is 17.4 Å². The molecule has 0 spiro atoms.